The molecule has 0 N–H and O–H groups in total. The maximum Gasteiger partial charge on any atom is 0.363 e. The molecule has 162 valence electrons. The van der Waals surface area contributed by atoms with Crippen LogP contribution in [0.15, 0.2) is 82.3 Å². The highest BCUT2D eigenvalue weighted by Crippen LogP contribution is 2.36. The molecule has 0 saturated carbocycles. The van der Waals surface area contributed by atoms with Gasteiger partial charge >= 0.3 is 16.1 Å². The number of cyclic esters (lactones) is 1. The van der Waals surface area contributed by atoms with Gasteiger partial charge in [0, 0.05) is 10.6 Å². The van der Waals surface area contributed by atoms with E-state index in [1.165, 1.54) is 60.7 Å². The van der Waals surface area contributed by atoms with Crippen molar-refractivity contribution in [1.82, 2.24) is 0 Å². The zero-order valence-electron chi connectivity index (χ0n) is 16.0. The first kappa shape index (κ1) is 22.0. The van der Waals surface area contributed by atoms with Crippen LogP contribution in [0.25, 0.3) is 6.08 Å². The fourth-order valence-electron chi connectivity index (χ4n) is 2.83. The number of halogens is 3. The van der Waals surface area contributed by atoms with Crippen molar-refractivity contribution in [1.29, 1.82) is 0 Å². The maximum absolute atomic E-state index is 14.0. The minimum absolute atomic E-state index is 0.00324. The molecule has 0 aromatic heterocycles. The summed E-state index contributed by atoms with van der Waals surface area (Å²) in [7, 11) is -4.24. The Morgan fingerprint density at radius 3 is 2.41 bits per heavy atom. The Hall–Kier alpha value is -3.20. The summed E-state index contributed by atoms with van der Waals surface area (Å²) in [5, 5.41) is 0.0597. The lowest BCUT2D eigenvalue weighted by Crippen LogP contribution is -2.11. The molecule has 10 heteroatoms. The Morgan fingerprint density at radius 1 is 1.00 bits per heavy atom. The molecule has 0 unspecified atom stereocenters. The first-order valence-electron chi connectivity index (χ1n) is 9.00. The minimum atomic E-state index is -4.24. The van der Waals surface area contributed by atoms with Crippen LogP contribution in [0, 0.1) is 5.82 Å². The van der Waals surface area contributed by atoms with E-state index in [9.17, 15) is 17.6 Å². The lowest BCUT2D eigenvalue weighted by molar-refractivity contribution is -0.129. The van der Waals surface area contributed by atoms with Gasteiger partial charge in [-0.15, -0.1) is 0 Å². The summed E-state index contributed by atoms with van der Waals surface area (Å²) in [6.45, 7) is 0. The number of nitrogens with zero attached hydrogens (tertiary/aromatic N) is 1. The van der Waals surface area contributed by atoms with E-state index in [4.69, 9.17) is 32.1 Å². The van der Waals surface area contributed by atoms with E-state index in [2.05, 4.69) is 4.99 Å². The first-order chi connectivity index (χ1) is 15.2. The third-order valence-corrected chi connectivity index (χ3v) is 6.01. The van der Waals surface area contributed by atoms with Crippen LogP contribution >= 0.6 is 23.2 Å². The van der Waals surface area contributed by atoms with Gasteiger partial charge in [-0.05, 0) is 42.5 Å². The summed E-state index contributed by atoms with van der Waals surface area (Å²) in [6.07, 6.45) is 1.20. The summed E-state index contributed by atoms with van der Waals surface area (Å²) in [6, 6.07) is 15.7. The van der Waals surface area contributed by atoms with Gasteiger partial charge in [0.05, 0.1) is 10.6 Å². The molecule has 0 saturated heterocycles. The van der Waals surface area contributed by atoms with Crippen molar-refractivity contribution in [2.45, 2.75) is 4.90 Å². The molecule has 1 heterocycles. The lowest BCUT2D eigenvalue weighted by Gasteiger charge is -2.12. The molecule has 4 rings (SSSR count). The highest BCUT2D eigenvalue weighted by Gasteiger charge is 2.27. The van der Waals surface area contributed by atoms with Gasteiger partial charge in [0.15, 0.2) is 11.4 Å². The quantitative estimate of drug-likeness (QED) is 0.276. The summed E-state index contributed by atoms with van der Waals surface area (Å²) in [5.41, 5.74) is -0.160. The van der Waals surface area contributed by atoms with Crippen molar-refractivity contribution >= 4 is 51.3 Å². The Kier molecular flexibility index (Phi) is 6.01. The summed E-state index contributed by atoms with van der Waals surface area (Å²) >= 11 is 12.2. The maximum atomic E-state index is 14.0. The van der Waals surface area contributed by atoms with Gasteiger partial charge in [-0.2, -0.15) is 8.42 Å². The smallest absolute Gasteiger partial charge is 0.363 e. The molecule has 6 nitrogen and oxygen atoms in total. The van der Waals surface area contributed by atoms with E-state index in [-0.39, 0.29) is 43.4 Å². The van der Waals surface area contributed by atoms with Gasteiger partial charge in [0.2, 0.25) is 5.90 Å². The van der Waals surface area contributed by atoms with Crippen molar-refractivity contribution in [2.75, 3.05) is 0 Å². The summed E-state index contributed by atoms with van der Waals surface area (Å²) in [4.78, 5) is 16.2. The highest BCUT2D eigenvalue weighted by molar-refractivity contribution is 7.87. The minimum Gasteiger partial charge on any atom is -0.402 e. The monoisotopic (exact) mass is 491 g/mol. The Balaban J connectivity index is 1.77. The van der Waals surface area contributed by atoms with Crippen LogP contribution in [0.1, 0.15) is 11.1 Å². The van der Waals surface area contributed by atoms with E-state index >= 15 is 0 Å². The predicted octanol–water partition coefficient (Wildman–Crippen LogP) is 5.24. The topological polar surface area (TPSA) is 82.0 Å². The SMILES string of the molecule is O=C1OC(c2ccccc2F)=N/C1=C/c1cc(Cl)cc(Cl)c1OS(=O)(=O)c1ccccc1. The van der Waals surface area contributed by atoms with Crippen molar-refractivity contribution in [3.05, 3.63) is 99.4 Å². The third-order valence-electron chi connectivity index (χ3n) is 4.28. The average molecular weight is 492 g/mol. The molecule has 0 bridgehead atoms. The molecule has 0 amide bonds. The van der Waals surface area contributed by atoms with Crippen LogP contribution in [0.5, 0.6) is 5.75 Å². The van der Waals surface area contributed by atoms with Crippen LogP contribution in [-0.4, -0.2) is 20.3 Å². The number of esters is 1. The zero-order valence-corrected chi connectivity index (χ0v) is 18.3. The number of ether oxygens (including phenoxy) is 1. The van der Waals surface area contributed by atoms with Crippen molar-refractivity contribution in [3.63, 3.8) is 0 Å². The Labute approximate surface area is 192 Å². The number of benzene rings is 3. The zero-order chi connectivity index (χ0) is 22.9. The van der Waals surface area contributed by atoms with Crippen LogP contribution in [0.3, 0.4) is 0 Å². The fourth-order valence-corrected chi connectivity index (χ4v) is 4.41. The predicted molar refractivity (Wildman–Crippen MR) is 118 cm³/mol. The van der Waals surface area contributed by atoms with E-state index in [1.54, 1.807) is 12.1 Å². The van der Waals surface area contributed by atoms with Crippen LogP contribution < -0.4 is 4.18 Å². The number of hydrogen-bond acceptors (Lipinski definition) is 6. The average Bonchev–Trinajstić information content (AvgIpc) is 3.11. The van der Waals surface area contributed by atoms with Gasteiger partial charge in [0.25, 0.3) is 0 Å². The number of aliphatic imine (C=N–C) groups is 1. The molecule has 3 aromatic carbocycles. The van der Waals surface area contributed by atoms with Gasteiger partial charge in [-0.25, -0.2) is 14.2 Å². The Morgan fingerprint density at radius 2 is 1.69 bits per heavy atom. The molecule has 0 atom stereocenters. The second-order valence-electron chi connectivity index (χ2n) is 6.47. The van der Waals surface area contributed by atoms with E-state index in [0.29, 0.717) is 0 Å². The molecular weight excluding hydrogens is 480 g/mol. The first-order valence-corrected chi connectivity index (χ1v) is 11.2. The van der Waals surface area contributed by atoms with Crippen LogP contribution in [-0.2, 0) is 19.6 Å². The summed E-state index contributed by atoms with van der Waals surface area (Å²) in [5.74, 6) is -1.97. The molecule has 0 radical (unpaired) electrons. The second kappa shape index (κ2) is 8.74. The van der Waals surface area contributed by atoms with Crippen LogP contribution in [0.4, 0.5) is 4.39 Å². The standard InChI is InChI=1S/C22H12Cl2FNO5S/c23-14-10-13(11-19-22(27)30-21(26-19)16-8-4-5-9-18(16)25)20(17(24)12-14)31-32(28,29)15-6-2-1-3-7-15/h1-12H/b19-11+. The van der Waals surface area contributed by atoms with Crippen molar-refractivity contribution < 1.29 is 26.5 Å². The number of hydrogen-bond donors (Lipinski definition) is 0. The molecular formula is C22H12Cl2FNO5S. The van der Waals surface area contributed by atoms with E-state index in [1.807, 2.05) is 0 Å². The molecule has 0 fully saturated rings. The largest absolute Gasteiger partial charge is 0.402 e. The van der Waals surface area contributed by atoms with Gasteiger partial charge in [-0.3, -0.25) is 0 Å². The van der Waals surface area contributed by atoms with Crippen molar-refractivity contribution in [2.24, 2.45) is 4.99 Å². The molecule has 0 spiro atoms. The normalized spacial score (nSPS) is 14.9. The number of rotatable bonds is 5. The van der Waals surface area contributed by atoms with Gasteiger partial charge in [-0.1, -0.05) is 53.5 Å². The third kappa shape index (κ3) is 4.52. The number of carbonyl (C=O) groups is 1. The molecule has 1 aliphatic rings. The molecule has 3 aromatic rings. The highest BCUT2D eigenvalue weighted by atomic mass is 35.5. The number of carbonyl (C=O) groups excluding carboxylic acids is 1. The molecule has 1 aliphatic heterocycles. The molecule has 32 heavy (non-hydrogen) atoms. The molecule has 0 aliphatic carbocycles. The Bertz CT molecular complexity index is 1390. The van der Waals surface area contributed by atoms with E-state index < -0.39 is 21.9 Å². The van der Waals surface area contributed by atoms with Gasteiger partial charge < -0.3 is 8.92 Å². The second-order valence-corrected chi connectivity index (χ2v) is 8.86. The van der Waals surface area contributed by atoms with Crippen LogP contribution in [0.2, 0.25) is 10.0 Å². The lowest BCUT2D eigenvalue weighted by atomic mass is 10.1. The van der Waals surface area contributed by atoms with E-state index in [0.717, 1.165) is 0 Å². The summed E-state index contributed by atoms with van der Waals surface area (Å²) < 4.78 is 49.7. The van der Waals surface area contributed by atoms with Gasteiger partial charge in [0.1, 0.15) is 10.7 Å². The fraction of sp³-hybridized carbons (Fsp3) is 0. The van der Waals surface area contributed by atoms with Crippen molar-refractivity contribution in [3.8, 4) is 5.75 Å².